The molecule has 0 saturated carbocycles. The molecule has 1 amide bonds. The van der Waals surface area contributed by atoms with E-state index in [1.807, 2.05) is 56.3 Å². The summed E-state index contributed by atoms with van der Waals surface area (Å²) in [6.07, 6.45) is -0.577. The number of anilines is 1. The molecule has 0 aliphatic heterocycles. The van der Waals surface area contributed by atoms with E-state index in [-0.39, 0.29) is 5.91 Å². The highest BCUT2D eigenvalue weighted by atomic mass is 35.5. The molecule has 24 heavy (non-hydrogen) atoms. The molecule has 1 atom stereocenters. The molecule has 1 unspecified atom stereocenters. The zero-order valence-electron chi connectivity index (χ0n) is 14.5. The summed E-state index contributed by atoms with van der Waals surface area (Å²) >= 11 is 5.99. The third-order valence-corrected chi connectivity index (χ3v) is 4.16. The van der Waals surface area contributed by atoms with Gasteiger partial charge in [-0.1, -0.05) is 23.7 Å². The molecule has 0 fully saturated rings. The molecule has 0 radical (unpaired) electrons. The topological polar surface area (TPSA) is 41.6 Å². The molecule has 0 heterocycles. The monoisotopic (exact) mass is 346 g/mol. The van der Waals surface area contributed by atoms with E-state index in [4.69, 9.17) is 16.3 Å². The standard InChI is InChI=1S/C19H23ClN2O2/c1-13-11-17(9-10-18(13)20)24-14(2)19(23)21-12-15-5-7-16(8-6-15)22(3)4/h5-11,14H,12H2,1-4H3,(H,21,23). The van der Waals surface area contributed by atoms with Crippen LogP contribution in [0.3, 0.4) is 0 Å². The van der Waals surface area contributed by atoms with Crippen molar-refractivity contribution in [2.24, 2.45) is 0 Å². The maximum atomic E-state index is 12.2. The minimum absolute atomic E-state index is 0.153. The third kappa shape index (κ3) is 4.90. The third-order valence-electron chi connectivity index (χ3n) is 3.73. The fourth-order valence-corrected chi connectivity index (χ4v) is 2.31. The maximum absolute atomic E-state index is 12.2. The summed E-state index contributed by atoms with van der Waals surface area (Å²) in [5, 5.41) is 3.57. The van der Waals surface area contributed by atoms with Gasteiger partial charge < -0.3 is 15.0 Å². The Bertz CT molecular complexity index is 699. The van der Waals surface area contributed by atoms with Crippen molar-refractivity contribution in [2.45, 2.75) is 26.5 Å². The van der Waals surface area contributed by atoms with Gasteiger partial charge >= 0.3 is 0 Å². The molecular weight excluding hydrogens is 324 g/mol. The molecule has 1 N–H and O–H groups in total. The fraction of sp³-hybridized carbons (Fsp3) is 0.316. The molecule has 0 saturated heterocycles. The molecule has 2 aromatic carbocycles. The van der Waals surface area contributed by atoms with Gasteiger partial charge in [-0.05, 0) is 55.3 Å². The molecule has 128 valence electrons. The van der Waals surface area contributed by atoms with Crippen LogP contribution in [-0.4, -0.2) is 26.1 Å². The maximum Gasteiger partial charge on any atom is 0.261 e. The van der Waals surface area contributed by atoms with Gasteiger partial charge in [0.1, 0.15) is 5.75 Å². The minimum atomic E-state index is -0.577. The van der Waals surface area contributed by atoms with Crippen LogP contribution >= 0.6 is 11.6 Å². The Balaban J connectivity index is 1.88. The van der Waals surface area contributed by atoms with Crippen LogP contribution in [0.1, 0.15) is 18.1 Å². The predicted octanol–water partition coefficient (Wildman–Crippen LogP) is 3.80. The minimum Gasteiger partial charge on any atom is -0.481 e. The Hall–Kier alpha value is -2.20. The van der Waals surface area contributed by atoms with Crippen LogP contribution in [0.25, 0.3) is 0 Å². The zero-order valence-corrected chi connectivity index (χ0v) is 15.2. The second-order valence-corrected chi connectivity index (χ2v) is 6.36. The number of aryl methyl sites for hydroxylation is 1. The van der Waals surface area contributed by atoms with Crippen LogP contribution in [-0.2, 0) is 11.3 Å². The van der Waals surface area contributed by atoms with E-state index in [1.165, 1.54) is 0 Å². The second kappa shape index (κ2) is 8.06. The van der Waals surface area contributed by atoms with Crippen LogP contribution in [0.5, 0.6) is 5.75 Å². The summed E-state index contributed by atoms with van der Waals surface area (Å²) < 4.78 is 5.67. The molecule has 0 aliphatic rings. The summed E-state index contributed by atoms with van der Waals surface area (Å²) in [5.74, 6) is 0.481. The van der Waals surface area contributed by atoms with Gasteiger partial charge in [0, 0.05) is 31.4 Å². The summed E-state index contributed by atoms with van der Waals surface area (Å²) in [4.78, 5) is 14.2. The Morgan fingerprint density at radius 3 is 2.46 bits per heavy atom. The molecule has 0 aliphatic carbocycles. The van der Waals surface area contributed by atoms with Gasteiger partial charge in [0.25, 0.3) is 5.91 Å². The van der Waals surface area contributed by atoms with E-state index in [0.717, 1.165) is 16.8 Å². The van der Waals surface area contributed by atoms with Gasteiger partial charge in [-0.2, -0.15) is 0 Å². The number of benzene rings is 2. The van der Waals surface area contributed by atoms with Crippen LogP contribution in [0.15, 0.2) is 42.5 Å². The highest BCUT2D eigenvalue weighted by Gasteiger charge is 2.14. The van der Waals surface area contributed by atoms with Crippen molar-refractivity contribution in [3.8, 4) is 5.75 Å². The van der Waals surface area contributed by atoms with E-state index in [0.29, 0.717) is 17.3 Å². The number of amides is 1. The molecule has 2 aromatic rings. The lowest BCUT2D eigenvalue weighted by atomic mass is 10.2. The number of halogens is 1. The number of hydrogen-bond donors (Lipinski definition) is 1. The molecule has 0 aromatic heterocycles. The van der Waals surface area contributed by atoms with E-state index >= 15 is 0 Å². The zero-order chi connectivity index (χ0) is 17.7. The van der Waals surface area contributed by atoms with Gasteiger partial charge in [-0.25, -0.2) is 0 Å². The van der Waals surface area contributed by atoms with Crippen molar-refractivity contribution in [2.75, 3.05) is 19.0 Å². The van der Waals surface area contributed by atoms with Gasteiger partial charge in [0.2, 0.25) is 0 Å². The Morgan fingerprint density at radius 1 is 1.21 bits per heavy atom. The van der Waals surface area contributed by atoms with Crippen molar-refractivity contribution in [1.29, 1.82) is 0 Å². The highest BCUT2D eigenvalue weighted by molar-refractivity contribution is 6.31. The second-order valence-electron chi connectivity index (χ2n) is 5.95. The van der Waals surface area contributed by atoms with Crippen molar-refractivity contribution in [1.82, 2.24) is 5.32 Å². The van der Waals surface area contributed by atoms with E-state index < -0.39 is 6.10 Å². The SMILES string of the molecule is Cc1cc(OC(C)C(=O)NCc2ccc(N(C)C)cc2)ccc1Cl. The number of ether oxygens (including phenoxy) is 1. The van der Waals surface area contributed by atoms with E-state index in [1.54, 1.807) is 19.1 Å². The van der Waals surface area contributed by atoms with Gasteiger partial charge in [0.15, 0.2) is 6.10 Å². The van der Waals surface area contributed by atoms with Gasteiger partial charge in [-0.15, -0.1) is 0 Å². The first-order valence-corrected chi connectivity index (χ1v) is 8.21. The lowest BCUT2D eigenvalue weighted by molar-refractivity contribution is -0.127. The quantitative estimate of drug-likeness (QED) is 0.865. The lowest BCUT2D eigenvalue weighted by Gasteiger charge is -2.16. The predicted molar refractivity (Wildman–Crippen MR) is 98.9 cm³/mol. The molecule has 4 nitrogen and oxygen atoms in total. The first-order valence-electron chi connectivity index (χ1n) is 7.83. The first-order chi connectivity index (χ1) is 11.4. The molecular formula is C19H23ClN2O2. The molecule has 2 rings (SSSR count). The number of nitrogens with zero attached hydrogens (tertiary/aromatic N) is 1. The van der Waals surface area contributed by atoms with Gasteiger partial charge in [0.05, 0.1) is 0 Å². The Labute approximate surface area is 148 Å². The van der Waals surface area contributed by atoms with Crippen LogP contribution in [0, 0.1) is 6.92 Å². The molecule has 0 spiro atoms. The number of carbonyl (C=O) groups is 1. The summed E-state index contributed by atoms with van der Waals surface area (Å²) in [6, 6.07) is 13.4. The Kier molecular flexibility index (Phi) is 6.10. The summed E-state index contributed by atoms with van der Waals surface area (Å²) in [7, 11) is 3.99. The Morgan fingerprint density at radius 2 is 1.88 bits per heavy atom. The van der Waals surface area contributed by atoms with Crippen LogP contribution in [0.2, 0.25) is 5.02 Å². The van der Waals surface area contributed by atoms with Crippen molar-refractivity contribution >= 4 is 23.2 Å². The molecule has 5 heteroatoms. The largest absolute Gasteiger partial charge is 0.481 e. The number of nitrogens with one attached hydrogen (secondary N) is 1. The van der Waals surface area contributed by atoms with E-state index in [9.17, 15) is 4.79 Å². The van der Waals surface area contributed by atoms with Crippen LogP contribution in [0.4, 0.5) is 5.69 Å². The number of rotatable bonds is 6. The highest BCUT2D eigenvalue weighted by Crippen LogP contribution is 2.22. The van der Waals surface area contributed by atoms with Crippen molar-refractivity contribution in [3.63, 3.8) is 0 Å². The van der Waals surface area contributed by atoms with E-state index in [2.05, 4.69) is 5.32 Å². The fourth-order valence-electron chi connectivity index (χ4n) is 2.19. The normalized spacial score (nSPS) is 11.7. The average Bonchev–Trinajstić information content (AvgIpc) is 2.56. The number of hydrogen-bond acceptors (Lipinski definition) is 3. The first kappa shape index (κ1) is 18.1. The van der Waals surface area contributed by atoms with Crippen LogP contribution < -0.4 is 15.0 Å². The van der Waals surface area contributed by atoms with Gasteiger partial charge in [-0.3, -0.25) is 4.79 Å². The van der Waals surface area contributed by atoms with Crippen molar-refractivity contribution in [3.05, 3.63) is 58.6 Å². The smallest absolute Gasteiger partial charge is 0.261 e. The summed E-state index contributed by atoms with van der Waals surface area (Å²) in [5.41, 5.74) is 3.09. The molecule has 0 bridgehead atoms. The lowest BCUT2D eigenvalue weighted by Crippen LogP contribution is -2.35. The van der Waals surface area contributed by atoms with Crippen molar-refractivity contribution < 1.29 is 9.53 Å². The number of carbonyl (C=O) groups excluding carboxylic acids is 1. The summed E-state index contributed by atoms with van der Waals surface area (Å²) in [6.45, 7) is 4.10. The average molecular weight is 347 g/mol.